The number of carboxylic acid groups (broad SMARTS) is 1. The van der Waals surface area contributed by atoms with Gasteiger partial charge in [-0.1, -0.05) is 31.9 Å². The number of anilines is 1. The van der Waals surface area contributed by atoms with E-state index in [1.54, 1.807) is 24.3 Å². The average molecular weight is 284 g/mol. The summed E-state index contributed by atoms with van der Waals surface area (Å²) in [4.78, 5) is 24.3. The number of aliphatic carboxylic acids is 1. The van der Waals surface area contributed by atoms with Crippen molar-refractivity contribution in [2.75, 3.05) is 11.4 Å². The molecule has 0 aromatic heterocycles. The molecule has 1 atom stereocenters. The highest BCUT2D eigenvalue weighted by Crippen LogP contribution is 2.20. The third-order valence-corrected chi connectivity index (χ3v) is 3.20. The van der Waals surface area contributed by atoms with Gasteiger partial charge in [0.05, 0.1) is 0 Å². The Bertz CT molecular complexity index is 445. The summed E-state index contributed by atoms with van der Waals surface area (Å²) in [5.74, 6) is -0.984. The highest BCUT2D eigenvalue weighted by atomic mass is 35.5. The molecule has 1 rings (SSSR count). The van der Waals surface area contributed by atoms with Gasteiger partial charge in [0.25, 0.3) is 0 Å². The fourth-order valence-electron chi connectivity index (χ4n) is 1.63. The summed E-state index contributed by atoms with van der Waals surface area (Å²) < 4.78 is 0. The number of carbonyl (C=O) groups excluding carboxylic acids is 1. The van der Waals surface area contributed by atoms with Gasteiger partial charge in [-0.15, -0.1) is 0 Å². The van der Waals surface area contributed by atoms with E-state index in [-0.39, 0.29) is 18.4 Å². The van der Waals surface area contributed by atoms with E-state index in [2.05, 4.69) is 0 Å². The number of amides is 1. The van der Waals surface area contributed by atoms with Crippen molar-refractivity contribution in [3.05, 3.63) is 29.3 Å². The fraction of sp³-hybridized carbons (Fsp3) is 0.429. The maximum Gasteiger partial charge on any atom is 0.323 e. The fourth-order valence-corrected chi connectivity index (χ4v) is 1.76. The first-order valence-corrected chi connectivity index (χ1v) is 6.59. The van der Waals surface area contributed by atoms with E-state index in [0.717, 1.165) is 6.42 Å². The van der Waals surface area contributed by atoms with E-state index < -0.39 is 5.97 Å². The summed E-state index contributed by atoms with van der Waals surface area (Å²) in [5.41, 5.74) is 0.556. The van der Waals surface area contributed by atoms with Crippen LogP contribution >= 0.6 is 11.6 Å². The lowest BCUT2D eigenvalue weighted by molar-refractivity contribution is -0.136. The largest absolute Gasteiger partial charge is 0.480 e. The van der Waals surface area contributed by atoms with E-state index in [1.165, 1.54) is 4.90 Å². The maximum absolute atomic E-state index is 12.2. The zero-order valence-corrected chi connectivity index (χ0v) is 11.9. The van der Waals surface area contributed by atoms with Crippen LogP contribution in [0.2, 0.25) is 5.02 Å². The van der Waals surface area contributed by atoms with Gasteiger partial charge in [0, 0.05) is 17.1 Å². The molecule has 1 amide bonds. The number of halogens is 1. The Morgan fingerprint density at radius 3 is 2.37 bits per heavy atom. The molecule has 0 saturated carbocycles. The van der Waals surface area contributed by atoms with Crippen molar-refractivity contribution >= 4 is 29.2 Å². The van der Waals surface area contributed by atoms with Gasteiger partial charge in [-0.3, -0.25) is 9.59 Å². The van der Waals surface area contributed by atoms with Crippen molar-refractivity contribution in [1.82, 2.24) is 0 Å². The molecular weight excluding hydrogens is 266 g/mol. The van der Waals surface area contributed by atoms with Crippen molar-refractivity contribution in [3.8, 4) is 0 Å². The molecule has 0 spiro atoms. The predicted molar refractivity (Wildman–Crippen MR) is 75.5 cm³/mol. The van der Waals surface area contributed by atoms with Crippen LogP contribution in [0.5, 0.6) is 0 Å². The van der Waals surface area contributed by atoms with E-state index in [0.29, 0.717) is 17.1 Å². The number of carbonyl (C=O) groups is 2. The van der Waals surface area contributed by atoms with E-state index >= 15 is 0 Å². The molecule has 0 heterocycles. The molecule has 1 unspecified atom stereocenters. The molecule has 0 bridgehead atoms. The number of rotatable bonds is 6. The second-order valence-corrected chi connectivity index (χ2v) is 5.00. The Hall–Kier alpha value is -1.55. The monoisotopic (exact) mass is 283 g/mol. The van der Waals surface area contributed by atoms with Gasteiger partial charge in [-0.05, 0) is 30.2 Å². The van der Waals surface area contributed by atoms with Crippen LogP contribution < -0.4 is 4.90 Å². The maximum atomic E-state index is 12.2. The molecule has 19 heavy (non-hydrogen) atoms. The lowest BCUT2D eigenvalue weighted by atomic mass is 10.0. The molecule has 0 fully saturated rings. The molecule has 1 aromatic carbocycles. The first kappa shape index (κ1) is 15.5. The van der Waals surface area contributed by atoms with Gasteiger partial charge in [0.2, 0.25) is 5.91 Å². The lowest BCUT2D eigenvalue weighted by Crippen LogP contribution is -2.36. The van der Waals surface area contributed by atoms with E-state index in [1.807, 2.05) is 13.8 Å². The quantitative estimate of drug-likeness (QED) is 0.872. The van der Waals surface area contributed by atoms with Gasteiger partial charge >= 0.3 is 5.97 Å². The number of hydrogen-bond donors (Lipinski definition) is 1. The smallest absolute Gasteiger partial charge is 0.323 e. The predicted octanol–water partition coefficient (Wildman–Crippen LogP) is 3.19. The minimum atomic E-state index is -1.03. The summed E-state index contributed by atoms with van der Waals surface area (Å²) in [5, 5.41) is 9.47. The highest BCUT2D eigenvalue weighted by Gasteiger charge is 2.20. The Morgan fingerprint density at radius 2 is 1.89 bits per heavy atom. The van der Waals surface area contributed by atoms with Crippen LogP contribution in [0.1, 0.15) is 26.7 Å². The molecular formula is C14H18ClNO3. The van der Waals surface area contributed by atoms with Crippen LogP contribution in [-0.2, 0) is 9.59 Å². The minimum Gasteiger partial charge on any atom is -0.480 e. The van der Waals surface area contributed by atoms with Crippen molar-refractivity contribution in [1.29, 1.82) is 0 Å². The Morgan fingerprint density at radius 1 is 1.32 bits per heavy atom. The van der Waals surface area contributed by atoms with E-state index in [9.17, 15) is 9.59 Å². The third kappa shape index (κ3) is 4.91. The normalized spacial score (nSPS) is 11.9. The molecule has 0 saturated heterocycles. The molecule has 1 aromatic rings. The SMILES string of the molecule is CCC(C)CC(=O)N(CC(=O)O)c1ccc(Cl)cc1. The van der Waals surface area contributed by atoms with Crippen molar-refractivity contribution in [2.45, 2.75) is 26.7 Å². The van der Waals surface area contributed by atoms with Crippen molar-refractivity contribution < 1.29 is 14.7 Å². The van der Waals surface area contributed by atoms with Crippen LogP contribution in [0.4, 0.5) is 5.69 Å². The molecule has 0 aliphatic rings. The van der Waals surface area contributed by atoms with Crippen LogP contribution in [0.25, 0.3) is 0 Å². The standard InChI is InChI=1S/C14H18ClNO3/c1-3-10(2)8-13(17)16(9-14(18)19)12-6-4-11(15)5-7-12/h4-7,10H,3,8-9H2,1-2H3,(H,18,19). The lowest BCUT2D eigenvalue weighted by Gasteiger charge is -2.22. The third-order valence-electron chi connectivity index (χ3n) is 2.95. The van der Waals surface area contributed by atoms with Crippen molar-refractivity contribution in [2.24, 2.45) is 5.92 Å². The molecule has 4 nitrogen and oxygen atoms in total. The topological polar surface area (TPSA) is 57.6 Å². The zero-order chi connectivity index (χ0) is 14.4. The van der Waals surface area contributed by atoms with Gasteiger partial charge in [0.1, 0.15) is 6.54 Å². The van der Waals surface area contributed by atoms with Crippen molar-refractivity contribution in [3.63, 3.8) is 0 Å². The first-order valence-electron chi connectivity index (χ1n) is 6.21. The van der Waals surface area contributed by atoms with Crippen LogP contribution in [-0.4, -0.2) is 23.5 Å². The van der Waals surface area contributed by atoms with Gasteiger partial charge < -0.3 is 10.0 Å². The van der Waals surface area contributed by atoms with Crippen LogP contribution in [0, 0.1) is 5.92 Å². The Kier molecular flexibility index (Phi) is 5.83. The summed E-state index contributed by atoms with van der Waals surface area (Å²) in [7, 11) is 0. The first-order chi connectivity index (χ1) is 8.93. The molecule has 0 radical (unpaired) electrons. The van der Waals surface area contributed by atoms with Crippen LogP contribution in [0.3, 0.4) is 0 Å². The Balaban J connectivity index is 2.91. The number of benzene rings is 1. The minimum absolute atomic E-state index is 0.181. The second-order valence-electron chi connectivity index (χ2n) is 4.57. The van der Waals surface area contributed by atoms with E-state index in [4.69, 9.17) is 16.7 Å². The summed E-state index contributed by atoms with van der Waals surface area (Å²) in [6, 6.07) is 6.59. The highest BCUT2D eigenvalue weighted by molar-refractivity contribution is 6.30. The summed E-state index contributed by atoms with van der Waals surface area (Å²) in [6.07, 6.45) is 1.22. The molecule has 0 aliphatic heterocycles. The number of nitrogens with zero attached hydrogens (tertiary/aromatic N) is 1. The Labute approximate surface area is 118 Å². The van der Waals surface area contributed by atoms with Gasteiger partial charge in [-0.25, -0.2) is 0 Å². The number of carboxylic acids is 1. The summed E-state index contributed by atoms with van der Waals surface area (Å²) in [6.45, 7) is 3.64. The average Bonchev–Trinajstić information content (AvgIpc) is 2.36. The molecule has 104 valence electrons. The number of hydrogen-bond acceptors (Lipinski definition) is 2. The zero-order valence-electron chi connectivity index (χ0n) is 11.1. The van der Waals surface area contributed by atoms with Crippen LogP contribution in [0.15, 0.2) is 24.3 Å². The molecule has 1 N–H and O–H groups in total. The second kappa shape index (κ2) is 7.14. The molecule has 0 aliphatic carbocycles. The summed E-state index contributed by atoms with van der Waals surface area (Å²) >= 11 is 5.79. The molecule has 5 heteroatoms. The van der Waals surface area contributed by atoms with Gasteiger partial charge in [0.15, 0.2) is 0 Å². The van der Waals surface area contributed by atoms with Gasteiger partial charge in [-0.2, -0.15) is 0 Å².